The van der Waals surface area contributed by atoms with Gasteiger partial charge in [0, 0.05) is 12.1 Å². The Bertz CT molecular complexity index is 1400. The summed E-state index contributed by atoms with van der Waals surface area (Å²) in [5.41, 5.74) is -3.51. The summed E-state index contributed by atoms with van der Waals surface area (Å²) in [5.74, 6) is -3.74. The lowest BCUT2D eigenvalue weighted by molar-refractivity contribution is -0.394. The molecule has 0 bridgehead atoms. The van der Waals surface area contributed by atoms with Gasteiger partial charge in [-0.25, -0.2) is 4.79 Å². The third-order valence-corrected chi connectivity index (χ3v) is 4.34. The van der Waals surface area contributed by atoms with Gasteiger partial charge in [0.05, 0.1) is 31.8 Å². The molecule has 0 heterocycles. The van der Waals surface area contributed by atoms with Crippen molar-refractivity contribution in [3.05, 3.63) is 101 Å². The second kappa shape index (κ2) is 9.45. The fourth-order valence-corrected chi connectivity index (χ4v) is 2.79. The maximum absolute atomic E-state index is 11.7. The molecule has 0 fully saturated rings. The molecule has 0 aromatic heterocycles. The molecular formula is C19H10N4O12. The molecule has 0 unspecified atom stereocenters. The summed E-state index contributed by atoms with van der Waals surface area (Å²) in [5, 5.41) is 54.2. The quantitative estimate of drug-likeness (QED) is 0.323. The van der Waals surface area contributed by atoms with Crippen LogP contribution in [0.25, 0.3) is 0 Å². The molecule has 16 nitrogen and oxygen atoms in total. The summed E-state index contributed by atoms with van der Waals surface area (Å²) in [6.45, 7) is 0. The summed E-state index contributed by atoms with van der Waals surface area (Å²) < 4.78 is 10.8. The van der Waals surface area contributed by atoms with Gasteiger partial charge >= 0.3 is 17.3 Å². The number of carboxylic acids is 1. The Hall–Kier alpha value is -5.67. The van der Waals surface area contributed by atoms with Crippen molar-refractivity contribution in [2.45, 2.75) is 0 Å². The number of carbonyl (C=O) groups is 1. The SMILES string of the molecule is O=C(O)c1cccc(Oc2ccc([N+](=O)[O-])cc2[N+](=O)[O-])c1Oc1ccc([N+](=O)[O-])cc1[N+](=O)[O-]. The number of hydrogen-bond donors (Lipinski definition) is 1. The van der Waals surface area contributed by atoms with E-state index in [1.54, 1.807) is 0 Å². The number of non-ortho nitro benzene ring substituents is 2. The van der Waals surface area contributed by atoms with Crippen LogP contribution in [0.1, 0.15) is 10.4 Å². The van der Waals surface area contributed by atoms with Crippen molar-refractivity contribution in [3.8, 4) is 23.0 Å². The highest BCUT2D eigenvalue weighted by Gasteiger charge is 2.27. The molecule has 0 spiro atoms. The third-order valence-electron chi connectivity index (χ3n) is 4.34. The largest absolute Gasteiger partial charge is 0.478 e. The van der Waals surface area contributed by atoms with Gasteiger partial charge in [-0.2, -0.15) is 0 Å². The van der Waals surface area contributed by atoms with Gasteiger partial charge in [0.15, 0.2) is 11.5 Å². The molecule has 178 valence electrons. The number of nitro groups is 4. The molecule has 0 saturated carbocycles. The van der Waals surface area contributed by atoms with Crippen molar-refractivity contribution < 1.29 is 39.1 Å². The molecule has 0 radical (unpaired) electrons. The lowest BCUT2D eigenvalue weighted by Crippen LogP contribution is -2.04. The summed E-state index contributed by atoms with van der Waals surface area (Å²) in [6, 6.07) is 8.15. The first-order valence-corrected chi connectivity index (χ1v) is 9.07. The van der Waals surface area contributed by atoms with Crippen molar-refractivity contribution in [2.75, 3.05) is 0 Å². The highest BCUT2D eigenvalue weighted by atomic mass is 16.6. The van der Waals surface area contributed by atoms with Crippen LogP contribution in [-0.4, -0.2) is 30.8 Å². The van der Waals surface area contributed by atoms with Crippen LogP contribution >= 0.6 is 0 Å². The Morgan fingerprint density at radius 2 is 1.14 bits per heavy atom. The first-order valence-electron chi connectivity index (χ1n) is 9.07. The van der Waals surface area contributed by atoms with E-state index in [0.717, 1.165) is 36.4 Å². The van der Waals surface area contributed by atoms with Crippen LogP contribution in [0.3, 0.4) is 0 Å². The number of para-hydroxylation sites is 1. The summed E-state index contributed by atoms with van der Waals surface area (Å²) in [4.78, 5) is 52.7. The first-order chi connectivity index (χ1) is 16.5. The van der Waals surface area contributed by atoms with Gasteiger partial charge < -0.3 is 14.6 Å². The second-order valence-corrected chi connectivity index (χ2v) is 6.47. The van der Waals surface area contributed by atoms with E-state index in [0.29, 0.717) is 12.1 Å². The molecule has 3 aromatic rings. The number of nitrogens with zero attached hydrogens (tertiary/aromatic N) is 4. The summed E-state index contributed by atoms with van der Waals surface area (Å²) in [7, 11) is 0. The molecular weight excluding hydrogens is 476 g/mol. The van der Waals surface area contributed by atoms with Gasteiger partial charge in [-0.3, -0.25) is 40.5 Å². The van der Waals surface area contributed by atoms with Gasteiger partial charge in [0.1, 0.15) is 5.56 Å². The van der Waals surface area contributed by atoms with Gasteiger partial charge in [0.2, 0.25) is 11.5 Å². The van der Waals surface area contributed by atoms with Crippen LogP contribution in [-0.2, 0) is 0 Å². The number of aromatic carboxylic acids is 1. The molecule has 0 saturated heterocycles. The van der Waals surface area contributed by atoms with Crippen molar-refractivity contribution in [3.63, 3.8) is 0 Å². The minimum Gasteiger partial charge on any atom is -0.478 e. The predicted octanol–water partition coefficient (Wildman–Crippen LogP) is 4.60. The number of nitro benzene ring substituents is 4. The molecule has 35 heavy (non-hydrogen) atoms. The van der Waals surface area contributed by atoms with Gasteiger partial charge in [0.25, 0.3) is 11.4 Å². The molecule has 3 rings (SSSR count). The molecule has 0 aliphatic heterocycles. The number of benzene rings is 3. The maximum atomic E-state index is 11.7. The number of rotatable bonds is 9. The second-order valence-electron chi connectivity index (χ2n) is 6.47. The van der Waals surface area contributed by atoms with E-state index in [1.165, 1.54) is 6.07 Å². The zero-order valence-electron chi connectivity index (χ0n) is 16.9. The Kier molecular flexibility index (Phi) is 6.47. The van der Waals surface area contributed by atoms with Crippen molar-refractivity contribution in [2.24, 2.45) is 0 Å². The molecule has 0 aliphatic carbocycles. The third kappa shape index (κ3) is 5.06. The Balaban J connectivity index is 2.15. The average Bonchev–Trinajstić information content (AvgIpc) is 2.79. The minimum absolute atomic E-state index is 0.450. The van der Waals surface area contributed by atoms with Crippen molar-refractivity contribution in [1.82, 2.24) is 0 Å². The van der Waals surface area contributed by atoms with Crippen LogP contribution < -0.4 is 9.47 Å². The molecule has 0 amide bonds. The Morgan fingerprint density at radius 1 is 0.657 bits per heavy atom. The average molecular weight is 486 g/mol. The smallest absolute Gasteiger partial charge is 0.339 e. The minimum atomic E-state index is -1.56. The lowest BCUT2D eigenvalue weighted by atomic mass is 10.1. The first kappa shape index (κ1) is 24.0. The van der Waals surface area contributed by atoms with E-state index in [-0.39, 0.29) is 0 Å². The number of ether oxygens (including phenoxy) is 2. The highest BCUT2D eigenvalue weighted by Crippen LogP contribution is 2.43. The maximum Gasteiger partial charge on any atom is 0.339 e. The predicted molar refractivity (Wildman–Crippen MR) is 113 cm³/mol. The van der Waals surface area contributed by atoms with Crippen LogP contribution in [0.15, 0.2) is 54.6 Å². The fourth-order valence-electron chi connectivity index (χ4n) is 2.79. The molecule has 16 heteroatoms. The van der Waals surface area contributed by atoms with Gasteiger partial charge in [-0.15, -0.1) is 0 Å². The zero-order valence-corrected chi connectivity index (χ0v) is 16.9. The fraction of sp³-hybridized carbons (Fsp3) is 0. The molecule has 0 atom stereocenters. The van der Waals surface area contributed by atoms with Crippen LogP contribution in [0.4, 0.5) is 22.7 Å². The van der Waals surface area contributed by atoms with E-state index < -0.39 is 77.0 Å². The molecule has 3 aromatic carbocycles. The lowest BCUT2D eigenvalue weighted by Gasteiger charge is -2.14. The zero-order chi connectivity index (χ0) is 25.9. The highest BCUT2D eigenvalue weighted by molar-refractivity contribution is 5.92. The topological polar surface area (TPSA) is 228 Å². The standard InChI is InChI=1S/C19H10N4O12/c24-19(25)12-2-1-3-17(34-15-6-4-10(20(26)27)8-13(15)22(30)31)18(12)35-16-7-5-11(21(28)29)9-14(16)23(32)33/h1-9H,(H,24,25). The van der Waals surface area contributed by atoms with E-state index in [9.17, 15) is 50.4 Å². The Morgan fingerprint density at radius 3 is 1.57 bits per heavy atom. The van der Waals surface area contributed by atoms with E-state index in [1.807, 2.05) is 0 Å². The summed E-state index contributed by atoms with van der Waals surface area (Å²) in [6.07, 6.45) is 0. The van der Waals surface area contributed by atoms with E-state index >= 15 is 0 Å². The number of hydrogen-bond acceptors (Lipinski definition) is 11. The normalized spacial score (nSPS) is 10.3. The van der Waals surface area contributed by atoms with E-state index in [2.05, 4.69) is 0 Å². The Labute approximate surface area is 192 Å². The van der Waals surface area contributed by atoms with Crippen molar-refractivity contribution >= 4 is 28.7 Å². The van der Waals surface area contributed by atoms with E-state index in [4.69, 9.17) is 9.47 Å². The van der Waals surface area contributed by atoms with Crippen molar-refractivity contribution in [1.29, 1.82) is 0 Å². The molecule has 0 aliphatic rings. The van der Waals surface area contributed by atoms with Crippen LogP contribution in [0, 0.1) is 40.5 Å². The van der Waals surface area contributed by atoms with Crippen LogP contribution in [0.2, 0.25) is 0 Å². The van der Waals surface area contributed by atoms with Gasteiger partial charge in [-0.1, -0.05) is 6.07 Å². The summed E-state index contributed by atoms with van der Waals surface area (Å²) >= 11 is 0. The van der Waals surface area contributed by atoms with Gasteiger partial charge in [-0.05, 0) is 24.3 Å². The monoisotopic (exact) mass is 486 g/mol. The van der Waals surface area contributed by atoms with Crippen LogP contribution in [0.5, 0.6) is 23.0 Å². The number of carboxylic acid groups (broad SMARTS) is 1. The molecule has 1 N–H and O–H groups in total.